The highest BCUT2D eigenvalue weighted by Crippen LogP contribution is 2.30. The minimum atomic E-state index is 0.714. The second-order valence-electron chi connectivity index (χ2n) is 4.55. The van der Waals surface area contributed by atoms with E-state index in [2.05, 4.69) is 15.3 Å². The van der Waals surface area contributed by atoms with Gasteiger partial charge in [-0.25, -0.2) is 4.68 Å². The van der Waals surface area contributed by atoms with Crippen LogP contribution in [0.4, 0.5) is 0 Å². The molecule has 3 rings (SSSR count). The Morgan fingerprint density at radius 1 is 1.00 bits per heavy atom. The molecule has 0 atom stereocenters. The zero-order valence-electron chi connectivity index (χ0n) is 11.2. The molecule has 20 heavy (non-hydrogen) atoms. The molecule has 0 saturated carbocycles. The quantitative estimate of drug-likeness (QED) is 0.722. The highest BCUT2D eigenvalue weighted by Gasteiger charge is 2.15. The Balaban J connectivity index is 2.29. The van der Waals surface area contributed by atoms with Crippen LogP contribution in [0.3, 0.4) is 0 Å². The number of benzene rings is 1. The molecular formula is C15H13ClN4. The van der Waals surface area contributed by atoms with Crippen molar-refractivity contribution in [2.75, 3.05) is 0 Å². The maximum atomic E-state index is 5.96. The Bertz CT molecular complexity index is 733. The summed E-state index contributed by atoms with van der Waals surface area (Å²) in [6.07, 6.45) is 3.66. The molecular weight excluding hydrogens is 272 g/mol. The molecule has 5 heteroatoms. The third kappa shape index (κ3) is 2.18. The van der Waals surface area contributed by atoms with Crippen LogP contribution in [0.5, 0.6) is 0 Å². The molecule has 0 aliphatic rings. The smallest absolute Gasteiger partial charge is 0.0973 e. The summed E-state index contributed by atoms with van der Waals surface area (Å²) in [6, 6.07) is 9.61. The molecule has 0 N–H and O–H groups in total. The lowest BCUT2D eigenvalue weighted by atomic mass is 10.0. The van der Waals surface area contributed by atoms with Gasteiger partial charge in [-0.05, 0) is 37.6 Å². The third-order valence-corrected chi connectivity index (χ3v) is 3.41. The lowest BCUT2D eigenvalue weighted by Gasteiger charge is -2.14. The number of aryl methyl sites for hydroxylation is 2. The Morgan fingerprint density at radius 2 is 1.70 bits per heavy atom. The van der Waals surface area contributed by atoms with Gasteiger partial charge in [-0.2, -0.15) is 15.3 Å². The van der Waals surface area contributed by atoms with E-state index in [1.807, 2.05) is 55.1 Å². The molecule has 0 fully saturated rings. The van der Waals surface area contributed by atoms with Gasteiger partial charge in [-0.15, -0.1) is 0 Å². The topological polar surface area (TPSA) is 43.6 Å². The fraction of sp³-hybridized carbons (Fsp3) is 0.133. The largest absolute Gasteiger partial charge is 0.238 e. The maximum absolute atomic E-state index is 5.96. The van der Waals surface area contributed by atoms with Crippen molar-refractivity contribution < 1.29 is 0 Å². The van der Waals surface area contributed by atoms with E-state index in [4.69, 9.17) is 11.6 Å². The number of rotatable bonds is 2. The van der Waals surface area contributed by atoms with Crippen LogP contribution in [0.1, 0.15) is 11.4 Å². The lowest BCUT2D eigenvalue weighted by molar-refractivity contribution is 0.833. The van der Waals surface area contributed by atoms with Gasteiger partial charge in [-0.3, -0.25) is 0 Å². The summed E-state index contributed by atoms with van der Waals surface area (Å²) in [7, 11) is 0. The van der Waals surface area contributed by atoms with Gasteiger partial charge in [0.25, 0.3) is 0 Å². The van der Waals surface area contributed by atoms with E-state index in [1.54, 1.807) is 6.20 Å². The van der Waals surface area contributed by atoms with Gasteiger partial charge in [0, 0.05) is 23.0 Å². The zero-order valence-corrected chi connectivity index (χ0v) is 12.0. The van der Waals surface area contributed by atoms with Crippen molar-refractivity contribution in [3.63, 3.8) is 0 Å². The van der Waals surface area contributed by atoms with Gasteiger partial charge >= 0.3 is 0 Å². The number of nitrogens with zero attached hydrogens (tertiary/aromatic N) is 4. The van der Waals surface area contributed by atoms with Gasteiger partial charge in [0.15, 0.2) is 0 Å². The van der Waals surface area contributed by atoms with E-state index in [1.165, 1.54) is 0 Å². The molecule has 4 nitrogen and oxygen atoms in total. The van der Waals surface area contributed by atoms with Crippen LogP contribution in [0, 0.1) is 13.8 Å². The van der Waals surface area contributed by atoms with Crippen LogP contribution in [-0.2, 0) is 0 Å². The highest BCUT2D eigenvalue weighted by atomic mass is 35.5. The Kier molecular flexibility index (Phi) is 3.24. The summed E-state index contributed by atoms with van der Waals surface area (Å²) in [5, 5.41) is 13.5. The van der Waals surface area contributed by atoms with E-state index in [0.29, 0.717) is 5.02 Å². The highest BCUT2D eigenvalue weighted by molar-refractivity contribution is 6.30. The van der Waals surface area contributed by atoms with Crippen molar-refractivity contribution in [3.05, 3.63) is 59.1 Å². The SMILES string of the molecule is Cc1nnc(C)c(-n2cccn2)c1-c1ccc(Cl)cc1. The first-order chi connectivity index (χ1) is 9.66. The molecule has 0 saturated heterocycles. The first-order valence-electron chi connectivity index (χ1n) is 6.26. The van der Waals surface area contributed by atoms with Gasteiger partial charge in [0.2, 0.25) is 0 Å². The number of aromatic nitrogens is 4. The molecule has 0 unspecified atom stereocenters. The predicted octanol–water partition coefficient (Wildman–Crippen LogP) is 3.60. The molecule has 0 spiro atoms. The summed E-state index contributed by atoms with van der Waals surface area (Å²) >= 11 is 5.96. The molecule has 0 amide bonds. The standard InChI is InChI=1S/C15H13ClN4/c1-10-14(12-4-6-13(16)7-5-12)15(11(2)19-18-10)20-9-3-8-17-20/h3-9H,1-2H3. The molecule has 2 heterocycles. The van der Waals surface area contributed by atoms with Gasteiger partial charge in [-0.1, -0.05) is 23.7 Å². The summed E-state index contributed by atoms with van der Waals surface area (Å²) in [5.41, 5.74) is 4.73. The Labute approximate surface area is 122 Å². The van der Waals surface area contributed by atoms with Gasteiger partial charge in [0.1, 0.15) is 0 Å². The molecule has 3 aromatic rings. The molecule has 0 radical (unpaired) electrons. The molecule has 0 aliphatic carbocycles. The monoisotopic (exact) mass is 284 g/mol. The van der Waals surface area contributed by atoms with Crippen LogP contribution in [0.25, 0.3) is 16.8 Å². The predicted molar refractivity (Wildman–Crippen MR) is 79.1 cm³/mol. The van der Waals surface area contributed by atoms with Gasteiger partial charge < -0.3 is 0 Å². The number of halogens is 1. The van der Waals surface area contributed by atoms with Crippen LogP contribution < -0.4 is 0 Å². The van der Waals surface area contributed by atoms with E-state index in [0.717, 1.165) is 28.2 Å². The fourth-order valence-electron chi connectivity index (χ4n) is 2.24. The molecule has 100 valence electrons. The van der Waals surface area contributed by atoms with Crippen LogP contribution >= 0.6 is 11.6 Å². The summed E-state index contributed by atoms with van der Waals surface area (Å²) in [6.45, 7) is 3.88. The summed E-state index contributed by atoms with van der Waals surface area (Å²) < 4.78 is 1.82. The first kappa shape index (κ1) is 12.8. The average molecular weight is 285 g/mol. The number of hydrogen-bond donors (Lipinski definition) is 0. The van der Waals surface area contributed by atoms with Crippen molar-refractivity contribution in [3.8, 4) is 16.8 Å². The van der Waals surface area contributed by atoms with E-state index >= 15 is 0 Å². The zero-order chi connectivity index (χ0) is 14.1. The van der Waals surface area contributed by atoms with Gasteiger partial charge in [0.05, 0.1) is 17.1 Å². The van der Waals surface area contributed by atoms with Crippen molar-refractivity contribution in [1.82, 2.24) is 20.0 Å². The first-order valence-corrected chi connectivity index (χ1v) is 6.64. The van der Waals surface area contributed by atoms with Crippen molar-refractivity contribution in [1.29, 1.82) is 0 Å². The molecule has 2 aromatic heterocycles. The lowest BCUT2D eigenvalue weighted by Crippen LogP contribution is -2.06. The Morgan fingerprint density at radius 3 is 2.35 bits per heavy atom. The summed E-state index contributed by atoms with van der Waals surface area (Å²) in [4.78, 5) is 0. The second kappa shape index (κ2) is 5.06. The van der Waals surface area contributed by atoms with Crippen molar-refractivity contribution in [2.24, 2.45) is 0 Å². The minimum absolute atomic E-state index is 0.714. The number of hydrogen-bond acceptors (Lipinski definition) is 3. The fourth-order valence-corrected chi connectivity index (χ4v) is 2.37. The van der Waals surface area contributed by atoms with Crippen molar-refractivity contribution >= 4 is 11.6 Å². The molecule has 0 bridgehead atoms. The second-order valence-corrected chi connectivity index (χ2v) is 4.99. The molecule has 1 aromatic carbocycles. The third-order valence-electron chi connectivity index (χ3n) is 3.16. The average Bonchev–Trinajstić information content (AvgIpc) is 2.96. The van der Waals surface area contributed by atoms with E-state index < -0.39 is 0 Å². The van der Waals surface area contributed by atoms with Crippen LogP contribution in [0.2, 0.25) is 5.02 Å². The van der Waals surface area contributed by atoms with E-state index in [9.17, 15) is 0 Å². The summed E-state index contributed by atoms with van der Waals surface area (Å²) in [5.74, 6) is 0. The van der Waals surface area contributed by atoms with Crippen LogP contribution in [-0.4, -0.2) is 20.0 Å². The van der Waals surface area contributed by atoms with Crippen LogP contribution in [0.15, 0.2) is 42.7 Å². The minimum Gasteiger partial charge on any atom is -0.238 e. The Hall–Kier alpha value is -2.20. The van der Waals surface area contributed by atoms with Crippen molar-refractivity contribution in [2.45, 2.75) is 13.8 Å². The molecule has 0 aliphatic heterocycles. The van der Waals surface area contributed by atoms with E-state index in [-0.39, 0.29) is 0 Å². The normalized spacial score (nSPS) is 10.8. The maximum Gasteiger partial charge on any atom is 0.0973 e.